The van der Waals surface area contributed by atoms with Crippen molar-refractivity contribution < 1.29 is 27.4 Å². The molecule has 0 atom stereocenters. The molecule has 0 N–H and O–H groups in total. The van der Waals surface area contributed by atoms with Gasteiger partial charge in [0.15, 0.2) is 11.4 Å². The van der Waals surface area contributed by atoms with Gasteiger partial charge in [-0.25, -0.2) is 9.78 Å². The van der Waals surface area contributed by atoms with Crippen molar-refractivity contribution in [3.8, 4) is 11.4 Å². The highest BCUT2D eigenvalue weighted by atomic mass is 32.1. The third kappa shape index (κ3) is 6.94. The van der Waals surface area contributed by atoms with Crippen molar-refractivity contribution in [2.75, 3.05) is 19.7 Å². The molecule has 0 spiro atoms. The molecule has 1 aromatic heterocycles. The van der Waals surface area contributed by atoms with Gasteiger partial charge < -0.3 is 9.47 Å². The van der Waals surface area contributed by atoms with Gasteiger partial charge in [-0.05, 0) is 74.0 Å². The second-order valence-corrected chi connectivity index (χ2v) is 10.3. The molecule has 37 heavy (non-hydrogen) atoms. The van der Waals surface area contributed by atoms with Crippen LogP contribution in [0.1, 0.15) is 48.0 Å². The molecule has 198 valence electrons. The molecule has 3 aromatic rings. The Hall–Kier alpha value is -2.82. The first-order valence-electron chi connectivity index (χ1n) is 12.2. The number of rotatable bonds is 8. The smallest absolute Gasteiger partial charge is 0.416 e. The van der Waals surface area contributed by atoms with E-state index in [1.807, 2.05) is 6.07 Å². The van der Waals surface area contributed by atoms with E-state index in [9.17, 15) is 18.0 Å². The van der Waals surface area contributed by atoms with Gasteiger partial charge in [-0.15, -0.1) is 0 Å². The molecule has 0 saturated carbocycles. The fourth-order valence-electron chi connectivity index (χ4n) is 4.14. The largest absolute Gasteiger partial charge is 0.464 e. The number of alkyl halides is 3. The Kier molecular flexibility index (Phi) is 8.30. The molecule has 0 aliphatic carbocycles. The number of carbonyl (C=O) groups excluding carboxylic acids is 1. The zero-order valence-electron chi connectivity index (χ0n) is 21.1. The van der Waals surface area contributed by atoms with Crippen LogP contribution in [-0.2, 0) is 46.4 Å². The summed E-state index contributed by atoms with van der Waals surface area (Å²) in [6.07, 6.45) is -2.60. The van der Waals surface area contributed by atoms with E-state index in [0.717, 1.165) is 48.6 Å². The molecule has 6 nitrogen and oxygen atoms in total. The van der Waals surface area contributed by atoms with Crippen molar-refractivity contribution in [1.82, 2.24) is 14.3 Å². The molecule has 1 aliphatic rings. The van der Waals surface area contributed by atoms with Crippen LogP contribution in [0.3, 0.4) is 0 Å². The average molecular weight is 534 g/mol. The predicted molar refractivity (Wildman–Crippen MR) is 135 cm³/mol. The van der Waals surface area contributed by atoms with Crippen LogP contribution in [0.25, 0.3) is 11.4 Å². The maximum atomic E-state index is 12.8. The third-order valence-corrected chi connectivity index (χ3v) is 7.02. The predicted octanol–water partition coefficient (Wildman–Crippen LogP) is 5.68. The lowest BCUT2D eigenvalue weighted by Gasteiger charge is -2.23. The number of benzene rings is 2. The summed E-state index contributed by atoms with van der Waals surface area (Å²) in [6.45, 7) is 8.18. The normalized spacial score (nSPS) is 14.8. The maximum absolute atomic E-state index is 12.8. The molecule has 1 aliphatic heterocycles. The first-order chi connectivity index (χ1) is 17.5. The van der Waals surface area contributed by atoms with Crippen LogP contribution < -0.4 is 0 Å². The minimum Gasteiger partial charge on any atom is -0.464 e. The van der Waals surface area contributed by atoms with Crippen LogP contribution >= 0.6 is 11.5 Å². The quantitative estimate of drug-likeness (QED) is 0.347. The van der Waals surface area contributed by atoms with Crippen molar-refractivity contribution in [1.29, 1.82) is 0 Å². The van der Waals surface area contributed by atoms with Crippen molar-refractivity contribution in [3.63, 3.8) is 0 Å². The van der Waals surface area contributed by atoms with Crippen LogP contribution in [0.15, 0.2) is 42.5 Å². The summed E-state index contributed by atoms with van der Waals surface area (Å²) in [7, 11) is 0. The van der Waals surface area contributed by atoms with Crippen molar-refractivity contribution in [3.05, 3.63) is 69.7 Å². The summed E-state index contributed by atoms with van der Waals surface area (Å²) in [5, 5.41) is 0.830. The molecular formula is C27H30F3N3O3S. The lowest BCUT2D eigenvalue weighted by molar-refractivity contribution is -0.169. The molecule has 0 unspecified atom stereocenters. The molecule has 2 heterocycles. The van der Waals surface area contributed by atoms with Crippen LogP contribution in [0.4, 0.5) is 13.2 Å². The van der Waals surface area contributed by atoms with E-state index >= 15 is 0 Å². The highest BCUT2D eigenvalue weighted by Gasteiger charge is 2.31. The van der Waals surface area contributed by atoms with Crippen LogP contribution in [-0.4, -0.2) is 45.5 Å². The van der Waals surface area contributed by atoms with Gasteiger partial charge in [0.1, 0.15) is 5.01 Å². The second kappa shape index (κ2) is 11.3. The van der Waals surface area contributed by atoms with Crippen LogP contribution in [0.5, 0.6) is 0 Å². The first-order valence-corrected chi connectivity index (χ1v) is 13.0. The van der Waals surface area contributed by atoms with E-state index in [-0.39, 0.29) is 5.97 Å². The van der Waals surface area contributed by atoms with Gasteiger partial charge in [0, 0.05) is 18.7 Å². The molecule has 2 aromatic carbocycles. The zero-order valence-corrected chi connectivity index (χ0v) is 21.9. The Labute approximate surface area is 218 Å². The lowest BCUT2D eigenvalue weighted by Crippen LogP contribution is -2.36. The molecule has 0 radical (unpaired) electrons. The maximum Gasteiger partial charge on any atom is 0.416 e. The van der Waals surface area contributed by atoms with E-state index < -0.39 is 17.3 Å². The number of nitrogens with zero attached hydrogens (tertiary/aromatic N) is 3. The number of ether oxygens (including phenoxy) is 2. The second-order valence-electron chi connectivity index (χ2n) is 9.49. The number of aromatic nitrogens is 2. The third-order valence-electron chi connectivity index (χ3n) is 6.33. The number of halogens is 3. The van der Waals surface area contributed by atoms with Gasteiger partial charge in [0.05, 0.1) is 25.3 Å². The van der Waals surface area contributed by atoms with E-state index in [1.165, 1.54) is 34.8 Å². The minimum absolute atomic E-state index is 0.314. The Morgan fingerprint density at radius 2 is 1.76 bits per heavy atom. The highest BCUT2D eigenvalue weighted by Crippen LogP contribution is 2.31. The summed E-state index contributed by atoms with van der Waals surface area (Å²) in [6, 6.07) is 11.2. The molecule has 0 saturated heterocycles. The van der Waals surface area contributed by atoms with Gasteiger partial charge in [-0.1, -0.05) is 30.3 Å². The van der Waals surface area contributed by atoms with Gasteiger partial charge >= 0.3 is 12.1 Å². The Bertz CT molecular complexity index is 1230. The summed E-state index contributed by atoms with van der Waals surface area (Å²) >= 11 is 1.28. The summed E-state index contributed by atoms with van der Waals surface area (Å²) in [5.74, 6) is 0.0702. The SMILES string of the molecule is CCOC(=O)C(C)(C)OCc1ccc2c(c1)CCN(Cc1nc(-c3ccc(C(F)(F)F)cc3)ns1)CC2. The molecule has 0 fully saturated rings. The monoisotopic (exact) mass is 533 g/mol. The van der Waals surface area contributed by atoms with Crippen molar-refractivity contribution >= 4 is 17.5 Å². The van der Waals surface area contributed by atoms with Gasteiger partial charge in [-0.2, -0.15) is 17.5 Å². The number of fused-ring (bicyclic) bond motifs is 1. The summed E-state index contributed by atoms with van der Waals surface area (Å²) in [5.41, 5.74) is 2.43. The fourth-order valence-corrected chi connectivity index (χ4v) is 4.84. The van der Waals surface area contributed by atoms with Crippen molar-refractivity contribution in [2.45, 2.75) is 58.5 Å². The number of hydrogen-bond donors (Lipinski definition) is 0. The topological polar surface area (TPSA) is 64.6 Å². The Morgan fingerprint density at radius 3 is 2.43 bits per heavy atom. The van der Waals surface area contributed by atoms with Gasteiger partial charge in [-0.3, -0.25) is 4.90 Å². The zero-order chi connectivity index (χ0) is 26.6. The molecule has 4 rings (SSSR count). The fraction of sp³-hybridized carbons (Fsp3) is 0.444. The minimum atomic E-state index is -4.36. The number of hydrogen-bond acceptors (Lipinski definition) is 7. The molecule has 0 bridgehead atoms. The lowest BCUT2D eigenvalue weighted by atomic mass is 10.0. The number of esters is 1. The van der Waals surface area contributed by atoms with Crippen molar-refractivity contribution in [2.24, 2.45) is 0 Å². The molecule has 0 amide bonds. The summed E-state index contributed by atoms with van der Waals surface area (Å²) in [4.78, 5) is 19.0. The highest BCUT2D eigenvalue weighted by molar-refractivity contribution is 7.05. The average Bonchev–Trinajstić information content (AvgIpc) is 3.23. The number of carbonyl (C=O) groups is 1. The van der Waals surface area contributed by atoms with Gasteiger partial charge in [0.2, 0.25) is 0 Å². The van der Waals surface area contributed by atoms with E-state index in [0.29, 0.717) is 31.1 Å². The standard InChI is InChI=1S/C27H30F3N3O3S/c1-4-35-25(34)26(2,3)36-17-18-5-6-19-11-13-33(14-12-21(19)15-18)16-23-31-24(32-37-23)20-7-9-22(10-8-20)27(28,29)30/h5-10,15H,4,11-14,16-17H2,1-3H3. The van der Waals surface area contributed by atoms with Crippen LogP contribution in [0, 0.1) is 0 Å². The first kappa shape index (κ1) is 27.2. The van der Waals surface area contributed by atoms with E-state index in [1.54, 1.807) is 20.8 Å². The van der Waals surface area contributed by atoms with E-state index in [2.05, 4.69) is 26.4 Å². The summed E-state index contributed by atoms with van der Waals surface area (Å²) < 4.78 is 53.8. The van der Waals surface area contributed by atoms with E-state index in [4.69, 9.17) is 9.47 Å². The van der Waals surface area contributed by atoms with Gasteiger partial charge in [0.25, 0.3) is 0 Å². The van der Waals surface area contributed by atoms with Crippen LogP contribution in [0.2, 0.25) is 0 Å². The Balaban J connectivity index is 1.34. The molecular weight excluding hydrogens is 503 g/mol. The Morgan fingerprint density at radius 1 is 1.05 bits per heavy atom. The molecule has 10 heteroatoms.